The number of likely N-dealkylation sites (N-methyl/N-ethyl adjacent to an activating group) is 1. The van der Waals surface area contributed by atoms with Gasteiger partial charge >= 0.3 is 24.2 Å². The maximum Gasteiger partial charge on any atom is 0.415 e. The molecular formula is C67H73ClN10O10. The lowest BCUT2D eigenvalue weighted by Crippen LogP contribution is -2.48. The maximum absolute atomic E-state index is 14.5. The van der Waals surface area contributed by atoms with Crippen LogP contribution in [-0.2, 0) is 27.2 Å². The zero-order chi connectivity index (χ0) is 61.8. The Morgan fingerprint density at radius 2 is 1.30 bits per heavy atom. The first kappa shape index (κ1) is 61.8. The van der Waals surface area contributed by atoms with Gasteiger partial charge < -0.3 is 61.9 Å². The summed E-state index contributed by atoms with van der Waals surface area (Å²) in [7, 11) is 2.01. The van der Waals surface area contributed by atoms with Gasteiger partial charge in [-0.1, -0.05) is 103 Å². The van der Waals surface area contributed by atoms with E-state index in [2.05, 4.69) is 43.3 Å². The number of alkyl carbamates (subject to hydrolysis) is 1. The molecule has 0 spiro atoms. The monoisotopic (exact) mass is 1210 g/mol. The topological polar surface area (TPSA) is 281 Å². The minimum absolute atomic E-state index is 0.0565. The number of carbonyl (C=O) groups excluding carboxylic acids is 8. The molecule has 0 unspecified atom stereocenters. The Bertz CT molecular complexity index is 3710. The number of nitrogens with one attached hydrogen (secondary N) is 5. The Labute approximate surface area is 515 Å². The van der Waals surface area contributed by atoms with Crippen molar-refractivity contribution >= 4 is 86.6 Å². The Hall–Kier alpha value is -9.27. The number of hydrogen-bond acceptors (Lipinski definition) is 11. The van der Waals surface area contributed by atoms with Gasteiger partial charge in [0.05, 0.1) is 11.7 Å². The van der Waals surface area contributed by atoms with Crippen LogP contribution < -0.4 is 42.4 Å². The van der Waals surface area contributed by atoms with Crippen molar-refractivity contribution in [2.24, 2.45) is 17.4 Å². The van der Waals surface area contributed by atoms with Gasteiger partial charge in [-0.05, 0) is 108 Å². The minimum Gasteiger partial charge on any atom is -0.449 e. The summed E-state index contributed by atoms with van der Waals surface area (Å²) in [4.78, 5) is 115. The van der Waals surface area contributed by atoms with Crippen LogP contribution in [0.15, 0.2) is 127 Å². The summed E-state index contributed by atoms with van der Waals surface area (Å²) in [6.07, 6.45) is 0.997. The number of aromatic nitrogens is 1. The van der Waals surface area contributed by atoms with Crippen molar-refractivity contribution in [2.75, 3.05) is 76.8 Å². The third kappa shape index (κ3) is 14.7. The number of urea groups is 2. The first-order valence-electron chi connectivity index (χ1n) is 29.9. The standard InChI is InChI=1S/C67H73ClN10O10/c1-76-29-31-77(32-30-76)67(86)88-60-37-57-61(52-18-7-6-17-51(52)60)46(38-68)39-78(57)63(82)56-36-45-33-42(22-25-54(45)74-56)35-58(79)43-23-20-41(21-24-43)34-59(80)55(19-10-27-72-65(70)84)75-62(81)44(11-8-26-71-64(69)83)12-9-28-73-66(85)87-40-53-49-15-4-2-13-47(49)48-14-3-5-16-50(48)53/h2-7,13-18,20-25,33,36-37,44,46,53,55,74H,8-12,19,26-32,34-35,38-40H2,1H3,(H,73,85)(H,75,81)(H3,69,71,83)(H3,70,72,84)/t44-,46-,55+/m1/s1. The van der Waals surface area contributed by atoms with Gasteiger partial charge in [-0.25, -0.2) is 19.2 Å². The number of ether oxygens (including phenoxy) is 2. The summed E-state index contributed by atoms with van der Waals surface area (Å²) in [5, 5.41) is 13.2. The molecule has 2 aliphatic heterocycles. The first-order chi connectivity index (χ1) is 42.6. The van der Waals surface area contributed by atoms with Gasteiger partial charge in [0.2, 0.25) is 5.91 Å². The van der Waals surface area contributed by atoms with Crippen molar-refractivity contribution in [2.45, 2.75) is 69.2 Å². The number of hydrogen-bond donors (Lipinski definition) is 7. The molecule has 3 aliphatic rings. The van der Waals surface area contributed by atoms with Crippen LogP contribution >= 0.6 is 11.6 Å². The summed E-state index contributed by atoms with van der Waals surface area (Å²) in [6.45, 7) is 3.67. The molecule has 20 nitrogen and oxygen atoms in total. The Kier molecular flexibility index (Phi) is 20.0. The third-order valence-electron chi connectivity index (χ3n) is 16.9. The van der Waals surface area contributed by atoms with E-state index in [1.165, 1.54) is 0 Å². The molecule has 1 aliphatic carbocycles. The van der Waals surface area contributed by atoms with Crippen LogP contribution in [0.5, 0.6) is 5.75 Å². The molecule has 0 radical (unpaired) electrons. The number of fused-ring (bicyclic) bond motifs is 7. The quantitative estimate of drug-likeness (QED) is 0.0161. The number of amides is 8. The second kappa shape index (κ2) is 28.5. The van der Waals surface area contributed by atoms with Crippen molar-refractivity contribution in [3.05, 3.63) is 166 Å². The fraction of sp³-hybridized carbons (Fsp3) is 0.343. The predicted molar refractivity (Wildman–Crippen MR) is 337 cm³/mol. The third-order valence-corrected chi connectivity index (χ3v) is 17.2. The lowest BCUT2D eigenvalue weighted by molar-refractivity contribution is -0.130. The van der Waals surface area contributed by atoms with E-state index < -0.39 is 36.2 Å². The smallest absolute Gasteiger partial charge is 0.415 e. The number of aromatic amines is 1. The number of halogens is 1. The largest absolute Gasteiger partial charge is 0.449 e. The Morgan fingerprint density at radius 1 is 0.682 bits per heavy atom. The lowest BCUT2D eigenvalue weighted by Gasteiger charge is -2.31. The summed E-state index contributed by atoms with van der Waals surface area (Å²) in [5.74, 6) is -1.37. The van der Waals surface area contributed by atoms with Crippen molar-refractivity contribution in [3.63, 3.8) is 0 Å². The zero-order valence-electron chi connectivity index (χ0n) is 49.1. The fourth-order valence-electron chi connectivity index (χ4n) is 12.2. The van der Waals surface area contributed by atoms with Crippen LogP contribution in [0, 0.1) is 5.92 Å². The molecule has 1 saturated heterocycles. The number of benzene rings is 6. The maximum atomic E-state index is 14.5. The van der Waals surface area contributed by atoms with E-state index in [9.17, 15) is 38.4 Å². The van der Waals surface area contributed by atoms with E-state index in [4.69, 9.17) is 32.5 Å². The van der Waals surface area contributed by atoms with Crippen molar-refractivity contribution < 1.29 is 47.8 Å². The zero-order valence-corrected chi connectivity index (χ0v) is 49.9. The van der Waals surface area contributed by atoms with Crippen LogP contribution in [-0.4, -0.2) is 140 Å². The number of nitrogens with two attached hydrogens (primary N) is 2. The molecule has 0 bridgehead atoms. The van der Waals surface area contributed by atoms with Crippen LogP contribution in [0.4, 0.5) is 24.9 Å². The lowest BCUT2D eigenvalue weighted by atomic mass is 9.94. The highest BCUT2D eigenvalue weighted by Gasteiger charge is 2.37. The molecule has 10 rings (SSSR count). The van der Waals surface area contributed by atoms with Crippen molar-refractivity contribution in [3.8, 4) is 16.9 Å². The highest BCUT2D eigenvalue weighted by molar-refractivity contribution is 6.19. The molecule has 3 atom stereocenters. The van der Waals surface area contributed by atoms with Gasteiger partial charge in [-0.15, -0.1) is 11.6 Å². The van der Waals surface area contributed by atoms with E-state index in [1.54, 1.807) is 46.2 Å². The van der Waals surface area contributed by atoms with Crippen LogP contribution in [0.2, 0.25) is 0 Å². The molecule has 458 valence electrons. The molecule has 7 aromatic rings. The molecule has 1 fully saturated rings. The van der Waals surface area contributed by atoms with E-state index in [0.717, 1.165) is 62.6 Å². The van der Waals surface area contributed by atoms with E-state index in [0.29, 0.717) is 85.5 Å². The molecule has 9 N–H and O–H groups in total. The van der Waals surface area contributed by atoms with E-state index >= 15 is 0 Å². The van der Waals surface area contributed by atoms with Crippen molar-refractivity contribution in [1.29, 1.82) is 0 Å². The second-order valence-corrected chi connectivity index (χ2v) is 23.2. The number of carbonyl (C=O) groups is 8. The average Bonchev–Trinajstić information content (AvgIpc) is 1.60. The SMILES string of the molecule is CN1CCN(C(=O)Oc2cc3c(c4ccccc24)[C@H](CCl)CN3C(=O)c2cc3cc(CC(=O)c4ccc(CC(=O)[C@H](CCCNC(N)=O)NC(=O)[C@H](CCCNC(N)=O)CCCNC(=O)OCC5c6ccccc6-c6ccccc65)cc4)ccc3[nH]2)CC1. The van der Waals surface area contributed by atoms with Crippen LogP contribution in [0.25, 0.3) is 32.8 Å². The Balaban J connectivity index is 0.753. The highest BCUT2D eigenvalue weighted by Crippen LogP contribution is 2.47. The van der Waals surface area contributed by atoms with Gasteiger partial charge in [-0.2, -0.15) is 0 Å². The number of ketones is 2. The van der Waals surface area contributed by atoms with E-state index in [1.807, 2.05) is 85.9 Å². The normalized spacial score (nSPS) is 15.2. The van der Waals surface area contributed by atoms with Gasteiger partial charge in [0.25, 0.3) is 5.91 Å². The molecule has 21 heteroatoms. The Morgan fingerprint density at radius 3 is 1.95 bits per heavy atom. The van der Waals surface area contributed by atoms with Crippen LogP contribution in [0.1, 0.15) is 99.0 Å². The number of rotatable bonds is 25. The number of piperazine rings is 1. The highest BCUT2D eigenvalue weighted by atomic mass is 35.5. The number of nitrogens with zero attached hydrogens (tertiary/aromatic N) is 3. The predicted octanol–water partition coefficient (Wildman–Crippen LogP) is 8.90. The van der Waals surface area contributed by atoms with E-state index in [-0.39, 0.29) is 86.6 Å². The molecular weight excluding hydrogens is 1140 g/mol. The van der Waals surface area contributed by atoms with Gasteiger partial charge in [0.15, 0.2) is 11.6 Å². The number of Topliss-reactive ketones (excluding diaryl/α,β-unsaturated/α-hetero) is 2. The summed E-state index contributed by atoms with van der Waals surface area (Å²) in [6, 6.07) is 37.3. The number of primary amides is 2. The van der Waals surface area contributed by atoms with Gasteiger partial charge in [-0.3, -0.25) is 19.2 Å². The summed E-state index contributed by atoms with van der Waals surface area (Å²) in [5.41, 5.74) is 19.4. The molecule has 1 aromatic heterocycles. The summed E-state index contributed by atoms with van der Waals surface area (Å²) >= 11 is 6.59. The van der Waals surface area contributed by atoms with Gasteiger partial charge in [0.1, 0.15) is 18.1 Å². The number of anilines is 1. The fourth-order valence-corrected chi connectivity index (χ4v) is 12.5. The van der Waals surface area contributed by atoms with Crippen molar-refractivity contribution in [1.82, 2.24) is 36.1 Å². The molecule has 88 heavy (non-hydrogen) atoms. The minimum atomic E-state index is -0.946. The van der Waals surface area contributed by atoms with Gasteiger partial charge in [0, 0.05) is 117 Å². The molecule has 6 aromatic carbocycles. The van der Waals surface area contributed by atoms with Crippen LogP contribution in [0.3, 0.4) is 0 Å². The molecule has 8 amide bonds. The number of alkyl halides is 1. The molecule has 0 saturated carbocycles. The average molecular weight is 1210 g/mol. The first-order valence-corrected chi connectivity index (χ1v) is 30.5. The number of H-pyrrole nitrogens is 1. The second-order valence-electron chi connectivity index (χ2n) is 22.8. The molecule has 3 heterocycles. The summed E-state index contributed by atoms with van der Waals surface area (Å²) < 4.78 is 11.8.